The number of imidazole rings is 1. The molecule has 0 aromatic carbocycles. The highest BCUT2D eigenvalue weighted by Crippen LogP contribution is 2.31. The molecule has 0 saturated heterocycles. The molecular formula is C17H21N5O3S3. The Labute approximate surface area is 171 Å². The third-order valence-electron chi connectivity index (χ3n) is 4.04. The Balaban J connectivity index is 1.79. The molecule has 0 fully saturated rings. The van der Waals surface area contributed by atoms with Gasteiger partial charge in [0.1, 0.15) is 10.3 Å². The number of sulfonamides is 1. The number of rotatable bonds is 7. The molecule has 1 unspecified atom stereocenters. The second kappa shape index (κ2) is 8.11. The topological polar surface area (TPSA) is 106 Å². The summed E-state index contributed by atoms with van der Waals surface area (Å²) < 4.78 is 29.6. The van der Waals surface area contributed by atoms with Crippen LogP contribution in [0.3, 0.4) is 0 Å². The molecule has 3 rings (SSSR count). The van der Waals surface area contributed by atoms with Gasteiger partial charge in [0, 0.05) is 19.4 Å². The number of aryl methyl sites for hydroxylation is 2. The number of thiazole rings is 1. The van der Waals surface area contributed by atoms with E-state index in [1.54, 1.807) is 31.5 Å². The standard InChI is InChI=1S/C17H21N5O3S3/c1-10(2)13(21-28(24,25)12-6-5-9-26-12)16(23)20-17-19-11(3)14(27-17)15-18-7-8-22(15)4/h5-10,13,21H,1-4H3,(H,19,20,23). The number of aromatic nitrogens is 3. The average molecular weight is 440 g/mol. The maximum Gasteiger partial charge on any atom is 0.250 e. The number of nitrogens with zero attached hydrogens (tertiary/aromatic N) is 3. The molecule has 3 aromatic heterocycles. The molecule has 0 spiro atoms. The normalized spacial score (nSPS) is 13.0. The van der Waals surface area contributed by atoms with Crippen LogP contribution in [0.5, 0.6) is 0 Å². The summed E-state index contributed by atoms with van der Waals surface area (Å²) in [6.45, 7) is 5.41. The molecular weight excluding hydrogens is 418 g/mol. The first kappa shape index (κ1) is 20.6. The molecule has 0 aliphatic carbocycles. The number of nitrogens with one attached hydrogen (secondary N) is 2. The summed E-state index contributed by atoms with van der Waals surface area (Å²) in [5.74, 6) is 0.0642. The van der Waals surface area contributed by atoms with Gasteiger partial charge in [-0.2, -0.15) is 4.72 Å². The van der Waals surface area contributed by atoms with E-state index in [9.17, 15) is 13.2 Å². The van der Waals surface area contributed by atoms with E-state index in [0.29, 0.717) is 5.13 Å². The van der Waals surface area contributed by atoms with Crippen LogP contribution >= 0.6 is 22.7 Å². The van der Waals surface area contributed by atoms with E-state index in [1.165, 1.54) is 17.4 Å². The Bertz CT molecular complexity index is 1070. The highest BCUT2D eigenvalue weighted by molar-refractivity contribution is 7.91. The van der Waals surface area contributed by atoms with E-state index in [1.807, 2.05) is 24.7 Å². The Kier molecular flexibility index (Phi) is 5.98. The quantitative estimate of drug-likeness (QED) is 0.589. The fourth-order valence-electron chi connectivity index (χ4n) is 2.56. The second-order valence-corrected chi connectivity index (χ2v) is 10.4. The minimum absolute atomic E-state index is 0.174. The molecule has 0 aliphatic heterocycles. The molecule has 3 heterocycles. The first-order valence-electron chi connectivity index (χ1n) is 8.51. The molecule has 150 valence electrons. The first-order valence-corrected chi connectivity index (χ1v) is 11.7. The van der Waals surface area contributed by atoms with Gasteiger partial charge in [-0.15, -0.1) is 11.3 Å². The number of carbonyl (C=O) groups excluding carboxylic acids is 1. The molecule has 2 N–H and O–H groups in total. The minimum atomic E-state index is -3.77. The largest absolute Gasteiger partial charge is 0.333 e. The van der Waals surface area contributed by atoms with Gasteiger partial charge in [0.2, 0.25) is 5.91 Å². The van der Waals surface area contributed by atoms with Crippen LogP contribution in [0.15, 0.2) is 34.1 Å². The summed E-state index contributed by atoms with van der Waals surface area (Å²) >= 11 is 2.41. The van der Waals surface area contributed by atoms with Crippen molar-refractivity contribution in [1.29, 1.82) is 0 Å². The van der Waals surface area contributed by atoms with Gasteiger partial charge >= 0.3 is 0 Å². The lowest BCUT2D eigenvalue weighted by Crippen LogP contribution is -2.46. The van der Waals surface area contributed by atoms with Gasteiger partial charge in [-0.25, -0.2) is 18.4 Å². The van der Waals surface area contributed by atoms with Crippen LogP contribution in [-0.2, 0) is 21.9 Å². The van der Waals surface area contributed by atoms with Crippen molar-refractivity contribution in [3.8, 4) is 10.7 Å². The van der Waals surface area contributed by atoms with Crippen molar-refractivity contribution in [2.75, 3.05) is 5.32 Å². The molecule has 0 saturated carbocycles. The summed E-state index contributed by atoms with van der Waals surface area (Å²) in [6.07, 6.45) is 3.53. The molecule has 3 aromatic rings. The van der Waals surface area contributed by atoms with Crippen molar-refractivity contribution >= 4 is 43.7 Å². The summed E-state index contributed by atoms with van der Waals surface area (Å²) in [6, 6.07) is 2.24. The van der Waals surface area contributed by atoms with Crippen molar-refractivity contribution in [3.63, 3.8) is 0 Å². The predicted molar refractivity (Wildman–Crippen MR) is 111 cm³/mol. The zero-order valence-corrected chi connectivity index (χ0v) is 18.3. The SMILES string of the molecule is Cc1nc(NC(=O)C(NS(=O)(=O)c2cccs2)C(C)C)sc1-c1nccn1C. The highest BCUT2D eigenvalue weighted by Gasteiger charge is 2.29. The van der Waals surface area contributed by atoms with Gasteiger partial charge in [-0.3, -0.25) is 4.79 Å². The average Bonchev–Trinajstić information content (AvgIpc) is 3.34. The van der Waals surface area contributed by atoms with Gasteiger partial charge in [-0.05, 0) is 24.3 Å². The third-order valence-corrected chi connectivity index (χ3v) is 7.95. The maximum atomic E-state index is 12.8. The molecule has 0 bridgehead atoms. The van der Waals surface area contributed by atoms with E-state index in [2.05, 4.69) is 20.0 Å². The van der Waals surface area contributed by atoms with Crippen molar-refractivity contribution in [1.82, 2.24) is 19.3 Å². The van der Waals surface area contributed by atoms with Crippen molar-refractivity contribution in [2.45, 2.75) is 31.0 Å². The smallest absolute Gasteiger partial charge is 0.250 e. The maximum absolute atomic E-state index is 12.8. The zero-order chi connectivity index (χ0) is 20.5. The van der Waals surface area contributed by atoms with Gasteiger partial charge in [0.25, 0.3) is 10.0 Å². The summed E-state index contributed by atoms with van der Waals surface area (Å²) in [4.78, 5) is 22.3. The van der Waals surface area contributed by atoms with E-state index in [4.69, 9.17) is 0 Å². The van der Waals surface area contributed by atoms with E-state index in [0.717, 1.165) is 27.7 Å². The molecule has 1 amide bonds. The molecule has 0 aliphatic rings. The van der Waals surface area contributed by atoms with Crippen molar-refractivity contribution < 1.29 is 13.2 Å². The number of carbonyl (C=O) groups is 1. The van der Waals surface area contributed by atoms with Crippen LogP contribution in [0.4, 0.5) is 5.13 Å². The Morgan fingerprint density at radius 3 is 2.64 bits per heavy atom. The summed E-state index contributed by atoms with van der Waals surface area (Å²) in [5, 5.41) is 4.82. The molecule has 1 atom stereocenters. The minimum Gasteiger partial charge on any atom is -0.333 e. The number of hydrogen-bond donors (Lipinski definition) is 2. The van der Waals surface area contributed by atoms with E-state index in [-0.39, 0.29) is 10.1 Å². The molecule has 11 heteroatoms. The zero-order valence-electron chi connectivity index (χ0n) is 15.8. The van der Waals surface area contributed by atoms with Crippen LogP contribution in [0.25, 0.3) is 10.7 Å². The van der Waals surface area contributed by atoms with Crippen LogP contribution in [0.2, 0.25) is 0 Å². The van der Waals surface area contributed by atoms with Crippen LogP contribution in [0.1, 0.15) is 19.5 Å². The second-order valence-electron chi connectivity index (χ2n) is 6.56. The van der Waals surface area contributed by atoms with Gasteiger partial charge in [0.05, 0.1) is 10.6 Å². The lowest BCUT2D eigenvalue weighted by Gasteiger charge is -2.20. The molecule has 8 nitrogen and oxygen atoms in total. The van der Waals surface area contributed by atoms with E-state index >= 15 is 0 Å². The Hall–Kier alpha value is -2.08. The number of amides is 1. The van der Waals surface area contributed by atoms with Crippen molar-refractivity contribution in [2.24, 2.45) is 13.0 Å². The van der Waals surface area contributed by atoms with Crippen molar-refractivity contribution in [3.05, 3.63) is 35.6 Å². The van der Waals surface area contributed by atoms with Gasteiger partial charge in [-0.1, -0.05) is 31.3 Å². The van der Waals surface area contributed by atoms with Crippen LogP contribution in [-0.4, -0.2) is 34.9 Å². The third kappa shape index (κ3) is 4.32. The summed E-state index contributed by atoms with van der Waals surface area (Å²) in [7, 11) is -1.88. The van der Waals surface area contributed by atoms with Gasteiger partial charge < -0.3 is 9.88 Å². The fourth-order valence-corrected chi connectivity index (χ4v) is 5.92. The molecule has 0 radical (unpaired) electrons. The first-order chi connectivity index (χ1) is 13.2. The lowest BCUT2D eigenvalue weighted by atomic mass is 10.1. The number of anilines is 1. The fraction of sp³-hybridized carbons (Fsp3) is 0.353. The van der Waals surface area contributed by atoms with Crippen LogP contribution in [0, 0.1) is 12.8 Å². The summed E-state index contributed by atoms with van der Waals surface area (Å²) in [5.41, 5.74) is 0.745. The molecule has 28 heavy (non-hydrogen) atoms. The van der Waals surface area contributed by atoms with E-state index < -0.39 is 22.0 Å². The number of hydrogen-bond acceptors (Lipinski definition) is 7. The monoisotopic (exact) mass is 439 g/mol. The Morgan fingerprint density at radius 2 is 2.07 bits per heavy atom. The predicted octanol–water partition coefficient (Wildman–Crippen LogP) is 2.86. The van der Waals surface area contributed by atoms with Gasteiger partial charge in [0.15, 0.2) is 11.0 Å². The van der Waals surface area contributed by atoms with Crippen LogP contribution < -0.4 is 10.0 Å². The lowest BCUT2D eigenvalue weighted by molar-refractivity contribution is -0.118. The highest BCUT2D eigenvalue weighted by atomic mass is 32.2. The number of thiophene rings is 1. The Morgan fingerprint density at radius 1 is 1.32 bits per heavy atom.